The van der Waals surface area contributed by atoms with Gasteiger partial charge in [-0.25, -0.2) is 4.79 Å². The summed E-state index contributed by atoms with van der Waals surface area (Å²) in [5.41, 5.74) is 0. The third-order valence-electron chi connectivity index (χ3n) is 4.20. The van der Waals surface area contributed by atoms with Gasteiger partial charge in [-0.15, -0.1) is 0 Å². The Morgan fingerprint density at radius 1 is 0.870 bits per heavy atom. The van der Waals surface area contributed by atoms with Crippen molar-refractivity contribution in [3.8, 4) is 0 Å². The fraction of sp³-hybridized carbons (Fsp3) is 0.895. The van der Waals surface area contributed by atoms with Crippen LogP contribution >= 0.6 is 0 Å². The molecule has 0 radical (unpaired) electrons. The van der Waals surface area contributed by atoms with Crippen LogP contribution in [-0.2, 0) is 14.3 Å². The third kappa shape index (κ3) is 12.1. The molecule has 0 spiro atoms. The maximum Gasteiger partial charge on any atom is 0.328 e. The number of carbonyl (C=O) groups is 2. The zero-order valence-corrected chi connectivity index (χ0v) is 15.7. The quantitative estimate of drug-likeness (QED) is 0.374. The monoisotopic (exact) mass is 327 g/mol. The van der Waals surface area contributed by atoms with Crippen molar-refractivity contribution in [1.29, 1.82) is 0 Å². The highest BCUT2D eigenvalue weighted by molar-refractivity contribution is 5.84. The lowest BCUT2D eigenvalue weighted by molar-refractivity contribution is -0.146. The van der Waals surface area contributed by atoms with Crippen LogP contribution in [0.15, 0.2) is 0 Å². The summed E-state index contributed by atoms with van der Waals surface area (Å²) in [6, 6.07) is -0.532. The van der Waals surface area contributed by atoms with Crippen LogP contribution in [0.4, 0.5) is 0 Å². The number of esters is 1. The Kier molecular flexibility index (Phi) is 13.9. The van der Waals surface area contributed by atoms with E-state index in [1.165, 1.54) is 58.5 Å². The standard InChI is InChI=1S/C19H37NO3/c1-5-6-7-8-9-10-11-12-13-14-15-17(21)20-18(16(2)3)19(22)23-4/h16,18H,5-15H2,1-4H3,(H,20,21). The summed E-state index contributed by atoms with van der Waals surface area (Å²) in [5.74, 6) is -0.371. The molecule has 1 unspecified atom stereocenters. The van der Waals surface area contributed by atoms with Crippen LogP contribution in [-0.4, -0.2) is 25.0 Å². The topological polar surface area (TPSA) is 55.4 Å². The molecule has 136 valence electrons. The Balaban J connectivity index is 3.61. The van der Waals surface area contributed by atoms with Crippen molar-refractivity contribution in [2.75, 3.05) is 7.11 Å². The van der Waals surface area contributed by atoms with Gasteiger partial charge in [0.05, 0.1) is 7.11 Å². The Labute approximate surface area is 142 Å². The Morgan fingerprint density at radius 2 is 1.35 bits per heavy atom. The third-order valence-corrected chi connectivity index (χ3v) is 4.20. The minimum absolute atomic E-state index is 0.0408. The average Bonchev–Trinajstić information content (AvgIpc) is 2.53. The largest absolute Gasteiger partial charge is 0.467 e. The molecule has 4 nitrogen and oxygen atoms in total. The van der Waals surface area contributed by atoms with Gasteiger partial charge in [-0.2, -0.15) is 0 Å². The molecule has 1 N–H and O–H groups in total. The van der Waals surface area contributed by atoms with E-state index in [0.29, 0.717) is 6.42 Å². The second-order valence-electron chi connectivity index (χ2n) is 6.74. The number of carbonyl (C=O) groups excluding carboxylic acids is 2. The van der Waals surface area contributed by atoms with E-state index in [4.69, 9.17) is 4.74 Å². The summed E-state index contributed by atoms with van der Waals surface area (Å²) < 4.78 is 4.73. The first kappa shape index (κ1) is 21.9. The molecule has 23 heavy (non-hydrogen) atoms. The van der Waals surface area contributed by atoms with E-state index in [9.17, 15) is 9.59 Å². The molecule has 0 saturated heterocycles. The van der Waals surface area contributed by atoms with E-state index in [-0.39, 0.29) is 17.8 Å². The van der Waals surface area contributed by atoms with E-state index in [2.05, 4.69) is 12.2 Å². The van der Waals surface area contributed by atoms with Crippen LogP contribution < -0.4 is 5.32 Å². The van der Waals surface area contributed by atoms with Crippen molar-refractivity contribution < 1.29 is 14.3 Å². The molecule has 0 aliphatic heterocycles. The minimum Gasteiger partial charge on any atom is -0.467 e. The van der Waals surface area contributed by atoms with Crippen LogP contribution in [0.3, 0.4) is 0 Å². The first-order valence-electron chi connectivity index (χ1n) is 9.40. The van der Waals surface area contributed by atoms with E-state index < -0.39 is 6.04 Å². The molecule has 0 aromatic carbocycles. The fourth-order valence-corrected chi connectivity index (χ4v) is 2.64. The molecule has 0 aromatic rings. The van der Waals surface area contributed by atoms with Gasteiger partial charge in [0.1, 0.15) is 6.04 Å². The zero-order chi connectivity index (χ0) is 17.5. The summed E-state index contributed by atoms with van der Waals surface area (Å²) in [6.45, 7) is 6.05. The van der Waals surface area contributed by atoms with Gasteiger partial charge in [0.15, 0.2) is 0 Å². The molecular formula is C19H37NO3. The van der Waals surface area contributed by atoms with Crippen molar-refractivity contribution in [2.24, 2.45) is 5.92 Å². The molecule has 0 aliphatic rings. The lowest BCUT2D eigenvalue weighted by Gasteiger charge is -2.19. The van der Waals surface area contributed by atoms with Crippen molar-refractivity contribution in [3.63, 3.8) is 0 Å². The molecule has 0 fully saturated rings. The number of hydrogen-bond donors (Lipinski definition) is 1. The summed E-state index contributed by atoms with van der Waals surface area (Å²) in [6.07, 6.45) is 13.0. The molecule has 0 bridgehead atoms. The van der Waals surface area contributed by atoms with E-state index in [1.54, 1.807) is 0 Å². The Morgan fingerprint density at radius 3 is 1.78 bits per heavy atom. The molecular weight excluding hydrogens is 290 g/mol. The van der Waals surface area contributed by atoms with Gasteiger partial charge in [-0.3, -0.25) is 4.79 Å². The molecule has 0 aromatic heterocycles. The highest BCUT2D eigenvalue weighted by atomic mass is 16.5. The highest BCUT2D eigenvalue weighted by Gasteiger charge is 2.24. The van der Waals surface area contributed by atoms with Gasteiger partial charge >= 0.3 is 5.97 Å². The van der Waals surface area contributed by atoms with Crippen molar-refractivity contribution in [3.05, 3.63) is 0 Å². The number of ether oxygens (including phenoxy) is 1. The van der Waals surface area contributed by atoms with E-state index in [1.807, 2.05) is 13.8 Å². The Hall–Kier alpha value is -1.06. The van der Waals surface area contributed by atoms with Crippen LogP contribution in [0, 0.1) is 5.92 Å². The van der Waals surface area contributed by atoms with Crippen LogP contribution in [0.2, 0.25) is 0 Å². The molecule has 0 rings (SSSR count). The summed E-state index contributed by atoms with van der Waals surface area (Å²) >= 11 is 0. The van der Waals surface area contributed by atoms with Gasteiger partial charge in [-0.05, 0) is 12.3 Å². The van der Waals surface area contributed by atoms with Gasteiger partial charge < -0.3 is 10.1 Å². The predicted octanol–water partition coefficient (Wildman–Crippen LogP) is 4.61. The van der Waals surface area contributed by atoms with Crippen molar-refractivity contribution >= 4 is 11.9 Å². The molecule has 0 aliphatic carbocycles. The second kappa shape index (κ2) is 14.5. The molecule has 4 heteroatoms. The number of unbranched alkanes of at least 4 members (excludes halogenated alkanes) is 9. The van der Waals surface area contributed by atoms with E-state index >= 15 is 0 Å². The number of amides is 1. The first-order chi connectivity index (χ1) is 11.0. The predicted molar refractivity (Wildman–Crippen MR) is 95.2 cm³/mol. The maximum atomic E-state index is 11.9. The summed E-state index contributed by atoms with van der Waals surface area (Å²) in [7, 11) is 1.35. The van der Waals surface area contributed by atoms with Crippen LogP contribution in [0.5, 0.6) is 0 Å². The number of hydrogen-bond acceptors (Lipinski definition) is 3. The minimum atomic E-state index is -0.532. The van der Waals surface area contributed by atoms with Gasteiger partial charge in [-0.1, -0.05) is 78.6 Å². The van der Waals surface area contributed by atoms with Gasteiger partial charge in [0.2, 0.25) is 5.91 Å². The summed E-state index contributed by atoms with van der Waals surface area (Å²) in [5, 5.41) is 2.78. The number of rotatable bonds is 14. The average molecular weight is 328 g/mol. The van der Waals surface area contributed by atoms with E-state index in [0.717, 1.165) is 12.8 Å². The SMILES string of the molecule is CCCCCCCCCCCCC(=O)NC(C(=O)OC)C(C)C. The molecule has 1 atom stereocenters. The normalized spacial score (nSPS) is 12.2. The zero-order valence-electron chi connectivity index (χ0n) is 15.7. The highest BCUT2D eigenvalue weighted by Crippen LogP contribution is 2.11. The molecule has 0 heterocycles. The van der Waals surface area contributed by atoms with Crippen LogP contribution in [0.1, 0.15) is 91.4 Å². The van der Waals surface area contributed by atoms with Crippen LogP contribution in [0.25, 0.3) is 0 Å². The van der Waals surface area contributed by atoms with Gasteiger partial charge in [0, 0.05) is 6.42 Å². The lowest BCUT2D eigenvalue weighted by atomic mass is 10.0. The fourth-order valence-electron chi connectivity index (χ4n) is 2.64. The van der Waals surface area contributed by atoms with Crippen molar-refractivity contribution in [2.45, 2.75) is 97.4 Å². The Bertz CT molecular complexity index is 316. The molecule has 0 saturated carbocycles. The maximum absolute atomic E-state index is 11.9. The molecule has 1 amide bonds. The van der Waals surface area contributed by atoms with Gasteiger partial charge in [0.25, 0.3) is 0 Å². The number of nitrogens with one attached hydrogen (secondary N) is 1. The van der Waals surface area contributed by atoms with Crippen molar-refractivity contribution in [1.82, 2.24) is 5.32 Å². The first-order valence-corrected chi connectivity index (χ1v) is 9.40. The second-order valence-corrected chi connectivity index (χ2v) is 6.74. The lowest BCUT2D eigenvalue weighted by Crippen LogP contribution is -2.44. The summed E-state index contributed by atoms with van der Waals surface area (Å²) in [4.78, 5) is 23.5. The number of methoxy groups -OCH3 is 1. The smallest absolute Gasteiger partial charge is 0.328 e.